The maximum atomic E-state index is 11.5. The van der Waals surface area contributed by atoms with Crippen molar-refractivity contribution in [2.24, 2.45) is 11.7 Å². The van der Waals surface area contributed by atoms with E-state index in [0.29, 0.717) is 6.54 Å². The molecule has 0 rings (SSSR count). The van der Waals surface area contributed by atoms with Crippen LogP contribution in [0.3, 0.4) is 0 Å². The molecule has 0 heterocycles. The third-order valence-corrected chi connectivity index (χ3v) is 2.16. The van der Waals surface area contributed by atoms with Gasteiger partial charge in [-0.1, -0.05) is 20.3 Å². The van der Waals surface area contributed by atoms with E-state index < -0.39 is 0 Å². The fourth-order valence-electron chi connectivity index (χ4n) is 1.27. The number of hydrogen-bond donors (Lipinski definition) is 2. The van der Waals surface area contributed by atoms with Crippen molar-refractivity contribution in [2.75, 3.05) is 6.54 Å². The minimum atomic E-state index is 0.130. The Balaban J connectivity index is 3.71. The van der Waals surface area contributed by atoms with E-state index in [2.05, 4.69) is 12.2 Å². The van der Waals surface area contributed by atoms with Gasteiger partial charge in [0.05, 0.1) is 0 Å². The maximum Gasteiger partial charge on any atom is 0.223 e. The van der Waals surface area contributed by atoms with Crippen LogP contribution in [0.4, 0.5) is 0 Å². The van der Waals surface area contributed by atoms with E-state index in [1.54, 1.807) is 0 Å². The van der Waals surface area contributed by atoms with Gasteiger partial charge in [0.25, 0.3) is 0 Å². The number of nitrogens with two attached hydrogens (primary N) is 1. The molecular formula is C10H22N2O. The third kappa shape index (κ3) is 5.64. The van der Waals surface area contributed by atoms with Gasteiger partial charge >= 0.3 is 0 Å². The zero-order valence-corrected chi connectivity index (χ0v) is 8.97. The minimum absolute atomic E-state index is 0.130. The van der Waals surface area contributed by atoms with Crippen LogP contribution in [-0.2, 0) is 4.79 Å². The van der Waals surface area contributed by atoms with E-state index in [4.69, 9.17) is 5.73 Å². The molecule has 0 fully saturated rings. The normalized spacial score (nSPS) is 15.1. The first kappa shape index (κ1) is 12.4. The molecule has 3 nitrogen and oxygen atoms in total. The summed E-state index contributed by atoms with van der Waals surface area (Å²) < 4.78 is 0. The number of carbonyl (C=O) groups excluding carboxylic acids is 1. The molecule has 1 amide bonds. The van der Waals surface area contributed by atoms with Crippen molar-refractivity contribution in [3.63, 3.8) is 0 Å². The Morgan fingerprint density at radius 2 is 2.00 bits per heavy atom. The fourth-order valence-corrected chi connectivity index (χ4v) is 1.27. The Hall–Kier alpha value is -0.570. The van der Waals surface area contributed by atoms with Crippen LogP contribution in [0.2, 0.25) is 0 Å². The predicted molar refractivity (Wildman–Crippen MR) is 55.3 cm³/mol. The summed E-state index contributed by atoms with van der Waals surface area (Å²) in [5.74, 6) is 0.285. The Labute approximate surface area is 81.1 Å². The van der Waals surface area contributed by atoms with Gasteiger partial charge in [0, 0.05) is 12.0 Å². The zero-order valence-electron chi connectivity index (χ0n) is 8.97. The van der Waals surface area contributed by atoms with Gasteiger partial charge in [-0.3, -0.25) is 4.79 Å². The van der Waals surface area contributed by atoms with Gasteiger partial charge in [-0.15, -0.1) is 0 Å². The van der Waals surface area contributed by atoms with Crippen molar-refractivity contribution in [3.8, 4) is 0 Å². The summed E-state index contributed by atoms with van der Waals surface area (Å²) in [4.78, 5) is 11.5. The standard InChI is InChI=1S/C10H22N2O/c1-4-5-8(2)10(13)12-9(3)6-7-11/h8-9H,4-7,11H2,1-3H3,(H,12,13). The molecule has 13 heavy (non-hydrogen) atoms. The van der Waals surface area contributed by atoms with Crippen LogP contribution in [-0.4, -0.2) is 18.5 Å². The summed E-state index contributed by atoms with van der Waals surface area (Å²) >= 11 is 0. The molecule has 78 valence electrons. The van der Waals surface area contributed by atoms with Crippen molar-refractivity contribution in [1.82, 2.24) is 5.32 Å². The molecule has 2 unspecified atom stereocenters. The Bertz CT molecular complexity index is 148. The second-order valence-corrected chi connectivity index (χ2v) is 3.68. The van der Waals surface area contributed by atoms with Crippen molar-refractivity contribution in [3.05, 3.63) is 0 Å². The van der Waals surface area contributed by atoms with Crippen molar-refractivity contribution in [1.29, 1.82) is 0 Å². The zero-order chi connectivity index (χ0) is 10.3. The monoisotopic (exact) mass is 186 g/mol. The van der Waals surface area contributed by atoms with Crippen LogP contribution in [0.25, 0.3) is 0 Å². The highest BCUT2D eigenvalue weighted by molar-refractivity contribution is 5.78. The average Bonchev–Trinajstić information content (AvgIpc) is 2.05. The summed E-state index contributed by atoms with van der Waals surface area (Å²) in [6.07, 6.45) is 2.87. The molecular weight excluding hydrogens is 164 g/mol. The molecule has 0 saturated carbocycles. The topological polar surface area (TPSA) is 55.1 Å². The molecule has 0 aromatic carbocycles. The molecule has 3 N–H and O–H groups in total. The highest BCUT2D eigenvalue weighted by atomic mass is 16.1. The lowest BCUT2D eigenvalue weighted by Crippen LogP contribution is -2.37. The van der Waals surface area contributed by atoms with E-state index in [-0.39, 0.29) is 17.9 Å². The molecule has 0 aromatic heterocycles. The van der Waals surface area contributed by atoms with Gasteiger partial charge in [0.1, 0.15) is 0 Å². The molecule has 0 spiro atoms. The van der Waals surface area contributed by atoms with Gasteiger partial charge in [0.2, 0.25) is 5.91 Å². The summed E-state index contributed by atoms with van der Waals surface area (Å²) in [6.45, 7) is 6.67. The molecule has 0 aromatic rings. The Morgan fingerprint density at radius 1 is 1.38 bits per heavy atom. The van der Waals surface area contributed by atoms with Crippen LogP contribution >= 0.6 is 0 Å². The summed E-state index contributed by atoms with van der Waals surface area (Å²) in [7, 11) is 0. The first-order chi connectivity index (χ1) is 6.11. The van der Waals surface area contributed by atoms with Crippen LogP contribution in [0.5, 0.6) is 0 Å². The predicted octanol–water partition coefficient (Wildman–Crippen LogP) is 1.28. The van der Waals surface area contributed by atoms with Crippen LogP contribution in [0, 0.1) is 5.92 Å². The van der Waals surface area contributed by atoms with Crippen LogP contribution < -0.4 is 11.1 Å². The van der Waals surface area contributed by atoms with Gasteiger partial charge in [-0.2, -0.15) is 0 Å². The Morgan fingerprint density at radius 3 is 2.46 bits per heavy atom. The molecule has 0 aliphatic heterocycles. The largest absolute Gasteiger partial charge is 0.353 e. The van der Waals surface area contributed by atoms with Gasteiger partial charge in [-0.25, -0.2) is 0 Å². The van der Waals surface area contributed by atoms with Crippen molar-refractivity contribution >= 4 is 5.91 Å². The number of carbonyl (C=O) groups is 1. The van der Waals surface area contributed by atoms with Gasteiger partial charge in [0.15, 0.2) is 0 Å². The number of nitrogens with one attached hydrogen (secondary N) is 1. The van der Waals surface area contributed by atoms with Gasteiger partial charge < -0.3 is 11.1 Å². The maximum absolute atomic E-state index is 11.5. The van der Waals surface area contributed by atoms with E-state index in [0.717, 1.165) is 19.3 Å². The van der Waals surface area contributed by atoms with E-state index >= 15 is 0 Å². The minimum Gasteiger partial charge on any atom is -0.353 e. The van der Waals surface area contributed by atoms with Crippen LogP contribution in [0.1, 0.15) is 40.0 Å². The van der Waals surface area contributed by atoms with Gasteiger partial charge in [-0.05, 0) is 26.3 Å². The number of amides is 1. The summed E-state index contributed by atoms with van der Waals surface area (Å²) in [6, 6.07) is 0.205. The molecule has 2 atom stereocenters. The fraction of sp³-hybridized carbons (Fsp3) is 0.900. The second kappa shape index (κ2) is 6.89. The smallest absolute Gasteiger partial charge is 0.223 e. The third-order valence-electron chi connectivity index (χ3n) is 2.16. The quantitative estimate of drug-likeness (QED) is 0.656. The second-order valence-electron chi connectivity index (χ2n) is 3.68. The SMILES string of the molecule is CCCC(C)C(=O)NC(C)CCN. The first-order valence-electron chi connectivity index (χ1n) is 5.12. The Kier molecular flexibility index (Phi) is 6.59. The highest BCUT2D eigenvalue weighted by Crippen LogP contribution is 2.05. The molecule has 0 aliphatic rings. The lowest BCUT2D eigenvalue weighted by Gasteiger charge is -2.16. The van der Waals surface area contributed by atoms with E-state index in [1.807, 2.05) is 13.8 Å². The molecule has 0 radical (unpaired) electrons. The number of rotatable bonds is 6. The average molecular weight is 186 g/mol. The molecule has 3 heteroatoms. The van der Waals surface area contributed by atoms with Crippen molar-refractivity contribution < 1.29 is 4.79 Å². The highest BCUT2D eigenvalue weighted by Gasteiger charge is 2.13. The lowest BCUT2D eigenvalue weighted by atomic mass is 10.0. The lowest BCUT2D eigenvalue weighted by molar-refractivity contribution is -0.125. The van der Waals surface area contributed by atoms with Crippen LogP contribution in [0.15, 0.2) is 0 Å². The number of hydrogen-bond acceptors (Lipinski definition) is 2. The molecule has 0 bridgehead atoms. The summed E-state index contributed by atoms with van der Waals surface area (Å²) in [5.41, 5.74) is 5.39. The van der Waals surface area contributed by atoms with E-state index in [1.165, 1.54) is 0 Å². The summed E-state index contributed by atoms with van der Waals surface area (Å²) in [5, 5.41) is 2.95. The molecule has 0 aliphatic carbocycles. The molecule has 0 saturated heterocycles. The van der Waals surface area contributed by atoms with Crippen molar-refractivity contribution in [2.45, 2.75) is 46.1 Å². The first-order valence-corrected chi connectivity index (χ1v) is 5.12. The van der Waals surface area contributed by atoms with E-state index in [9.17, 15) is 4.79 Å².